The van der Waals surface area contributed by atoms with Gasteiger partial charge in [0.15, 0.2) is 0 Å². The summed E-state index contributed by atoms with van der Waals surface area (Å²) in [6.07, 6.45) is -1.22. The van der Waals surface area contributed by atoms with Gasteiger partial charge in [-0.25, -0.2) is 9.29 Å². The first kappa shape index (κ1) is 38.9. The molecule has 0 spiro atoms. The summed E-state index contributed by atoms with van der Waals surface area (Å²) in [5.41, 5.74) is -8.63. The van der Waals surface area contributed by atoms with Crippen LogP contribution in [-0.2, 0) is 32.1 Å². The van der Waals surface area contributed by atoms with Gasteiger partial charge in [0.25, 0.3) is 29.5 Å². The molecular formula is C26H31FN4O19. The number of nitrogens with one attached hydrogen (secondary N) is 2. The molecule has 0 radical (unpaired) electrons. The molecule has 0 saturated carbocycles. The molecule has 0 aliphatic carbocycles. The Bertz CT molecular complexity index is 1690. The van der Waals surface area contributed by atoms with Gasteiger partial charge in [0.05, 0.1) is 16.7 Å². The van der Waals surface area contributed by atoms with Crippen molar-refractivity contribution < 1.29 is 100 Å². The van der Waals surface area contributed by atoms with Crippen LogP contribution in [0.2, 0.25) is 0 Å². The number of halogens is 1. The SMILES string of the molecule is CNC(=O)C(O)(CCC=O)N1C(=O)c2cccc(NC(O)(O)c3cc(C(O)(O)N4C(O)(O)C(O)(O)OC(O)(O)C4(O)O)ccc3F)c2C1(O)O. The topological polar surface area (TPSA) is 394 Å². The molecule has 1 atom stereocenters. The van der Waals surface area contributed by atoms with Gasteiger partial charge in [-0.3, -0.25) is 14.3 Å². The van der Waals surface area contributed by atoms with Crippen molar-refractivity contribution in [3.05, 3.63) is 64.5 Å². The number of nitrogens with zero attached hydrogens (tertiary/aromatic N) is 2. The first-order chi connectivity index (χ1) is 22.6. The molecule has 2 aliphatic rings. The Kier molecular flexibility index (Phi) is 9.20. The number of fused-ring (bicyclic) bond motifs is 1. The van der Waals surface area contributed by atoms with Gasteiger partial charge in [0.2, 0.25) is 5.72 Å². The number of amides is 2. The largest absolute Gasteiger partial charge is 0.363 e. The maximum Gasteiger partial charge on any atom is 0.356 e. The molecule has 2 aromatic carbocycles. The summed E-state index contributed by atoms with van der Waals surface area (Å²) in [7, 11) is 1.00. The van der Waals surface area contributed by atoms with Gasteiger partial charge >= 0.3 is 23.8 Å². The highest BCUT2D eigenvalue weighted by Crippen LogP contribution is 2.48. The van der Waals surface area contributed by atoms with Crippen LogP contribution in [0.4, 0.5) is 10.1 Å². The van der Waals surface area contributed by atoms with Gasteiger partial charge < -0.3 is 92.0 Å². The van der Waals surface area contributed by atoms with Crippen LogP contribution in [0.1, 0.15) is 39.9 Å². The van der Waals surface area contributed by atoms with Crippen molar-refractivity contribution in [1.82, 2.24) is 15.1 Å². The molecule has 276 valence electrons. The first-order valence-corrected chi connectivity index (χ1v) is 13.7. The van der Waals surface area contributed by atoms with Gasteiger partial charge in [-0.05, 0) is 30.3 Å². The third-order valence-electron chi connectivity index (χ3n) is 7.85. The fourth-order valence-corrected chi connectivity index (χ4v) is 5.45. The van der Waals surface area contributed by atoms with Gasteiger partial charge in [0.1, 0.15) is 12.1 Å². The lowest BCUT2D eigenvalue weighted by Gasteiger charge is -2.57. The van der Waals surface area contributed by atoms with E-state index in [0.29, 0.717) is 0 Å². The smallest absolute Gasteiger partial charge is 0.356 e. The number of rotatable bonds is 10. The summed E-state index contributed by atoms with van der Waals surface area (Å²) in [5, 5.41) is 161. The summed E-state index contributed by atoms with van der Waals surface area (Å²) < 4.78 is 18.8. The molecule has 2 aromatic rings. The molecule has 4 rings (SSSR count). The van der Waals surface area contributed by atoms with E-state index in [0.717, 1.165) is 25.2 Å². The quantitative estimate of drug-likeness (QED) is 0.0799. The van der Waals surface area contributed by atoms with Crippen LogP contribution in [0.3, 0.4) is 0 Å². The second-order valence-corrected chi connectivity index (χ2v) is 11.2. The first-order valence-electron chi connectivity index (χ1n) is 13.7. The molecule has 1 fully saturated rings. The highest BCUT2D eigenvalue weighted by atomic mass is 19.1. The zero-order valence-corrected chi connectivity index (χ0v) is 25.1. The highest BCUT2D eigenvalue weighted by molar-refractivity contribution is 6.04. The maximum absolute atomic E-state index is 15.1. The van der Waals surface area contributed by atoms with Crippen molar-refractivity contribution in [3.8, 4) is 0 Å². The van der Waals surface area contributed by atoms with E-state index < -0.39 is 111 Å². The number of hydrogen-bond donors (Lipinski definition) is 17. The minimum absolute atomic E-state index is 0.0341. The molecule has 0 aromatic heterocycles. The van der Waals surface area contributed by atoms with Crippen LogP contribution in [-0.4, -0.2) is 141 Å². The van der Waals surface area contributed by atoms with Crippen LogP contribution in [0.15, 0.2) is 36.4 Å². The summed E-state index contributed by atoms with van der Waals surface area (Å²) in [6, 6.07) is 3.28. The van der Waals surface area contributed by atoms with Crippen LogP contribution < -0.4 is 10.6 Å². The standard InChI is InChI=1S/C26H31FN4O19/c1-28-18(34)19(35,8-3-9-32)30-17(33)12-4-2-5-15(16(12)22(30,40)41)29-20(36,37)13-10-11(6-7-14(13)27)21(38,39)31-23(42,43)25(46,47)50-26(48,49)24(31,44)45/h2,4-7,9-10,29,35-49H,3,8H2,1H3,(H,28,34). The lowest BCUT2D eigenvalue weighted by molar-refractivity contribution is -0.681. The summed E-state index contributed by atoms with van der Waals surface area (Å²) in [5.74, 6) is -35.6. The van der Waals surface area contributed by atoms with Crippen molar-refractivity contribution in [2.24, 2.45) is 0 Å². The molecule has 24 heteroatoms. The van der Waals surface area contributed by atoms with E-state index in [4.69, 9.17) is 0 Å². The van der Waals surface area contributed by atoms with Crippen molar-refractivity contribution in [2.75, 3.05) is 12.4 Å². The number of morpholine rings is 1. The Hall–Kier alpha value is -3.90. The van der Waals surface area contributed by atoms with Crippen molar-refractivity contribution in [3.63, 3.8) is 0 Å². The number of anilines is 1. The number of ether oxygens (including phenoxy) is 1. The van der Waals surface area contributed by atoms with Crippen LogP contribution in [0.25, 0.3) is 0 Å². The summed E-state index contributed by atoms with van der Waals surface area (Å²) >= 11 is 0. The van der Waals surface area contributed by atoms with Gasteiger partial charge in [-0.1, -0.05) is 6.07 Å². The fourth-order valence-electron chi connectivity index (χ4n) is 5.45. The Morgan fingerprint density at radius 1 is 0.920 bits per heavy atom. The second kappa shape index (κ2) is 11.8. The molecule has 2 aliphatic heterocycles. The molecule has 17 N–H and O–H groups in total. The van der Waals surface area contributed by atoms with Crippen LogP contribution >= 0.6 is 0 Å². The lowest BCUT2D eigenvalue weighted by atomic mass is 10.00. The van der Waals surface area contributed by atoms with Gasteiger partial charge in [-0.15, -0.1) is 4.90 Å². The fraction of sp³-hybridized carbons (Fsp3) is 0.423. The van der Waals surface area contributed by atoms with Crippen LogP contribution in [0.5, 0.6) is 0 Å². The van der Waals surface area contributed by atoms with E-state index in [1.165, 1.54) is 0 Å². The number of carbonyl (C=O) groups excluding carboxylic acids is 3. The average molecular weight is 723 g/mol. The number of aliphatic hydroxyl groups is 15. The van der Waals surface area contributed by atoms with Crippen molar-refractivity contribution >= 4 is 23.8 Å². The minimum Gasteiger partial charge on any atom is -0.363 e. The Morgan fingerprint density at radius 2 is 1.48 bits per heavy atom. The minimum atomic E-state index is -4.81. The van der Waals surface area contributed by atoms with E-state index in [2.05, 4.69) is 4.74 Å². The highest BCUT2D eigenvalue weighted by Gasteiger charge is 2.78. The molecule has 0 bridgehead atoms. The molecule has 1 unspecified atom stereocenters. The van der Waals surface area contributed by atoms with E-state index in [9.17, 15) is 91.0 Å². The maximum atomic E-state index is 15.1. The molecular weight excluding hydrogens is 691 g/mol. The number of aldehydes is 1. The van der Waals surface area contributed by atoms with Crippen molar-refractivity contribution in [1.29, 1.82) is 0 Å². The van der Waals surface area contributed by atoms with Crippen LogP contribution in [0, 0.1) is 5.82 Å². The Balaban J connectivity index is 1.82. The number of carbonyl (C=O) groups is 3. The molecule has 2 heterocycles. The normalized spacial score (nSPS) is 22.0. The second-order valence-electron chi connectivity index (χ2n) is 11.2. The zero-order chi connectivity index (χ0) is 38.3. The Morgan fingerprint density at radius 3 is 2.00 bits per heavy atom. The van der Waals surface area contributed by atoms with Gasteiger partial charge in [-0.2, -0.15) is 0 Å². The number of likely N-dealkylation sites (N-methyl/N-ethyl adjacent to an activating group) is 1. The monoisotopic (exact) mass is 722 g/mol. The van der Waals surface area contributed by atoms with Gasteiger partial charge in [0, 0.05) is 31.1 Å². The zero-order valence-electron chi connectivity index (χ0n) is 25.1. The lowest BCUT2D eigenvalue weighted by Crippen LogP contribution is -2.87. The molecule has 50 heavy (non-hydrogen) atoms. The number of hydrogen-bond acceptors (Lipinski definition) is 21. The summed E-state index contributed by atoms with van der Waals surface area (Å²) in [4.78, 5) is 35.4. The van der Waals surface area contributed by atoms with E-state index in [-0.39, 0.29) is 29.4 Å². The predicted octanol–water partition coefficient (Wildman–Crippen LogP) is -8.02. The molecule has 2 amide bonds. The third-order valence-corrected chi connectivity index (χ3v) is 7.85. The average Bonchev–Trinajstić information content (AvgIpc) is 3.18. The van der Waals surface area contributed by atoms with E-state index in [1.807, 2.05) is 5.32 Å². The van der Waals surface area contributed by atoms with Crippen molar-refractivity contribution in [2.45, 2.75) is 60.1 Å². The number of benzene rings is 2. The molecule has 23 nitrogen and oxygen atoms in total. The predicted molar refractivity (Wildman–Crippen MR) is 147 cm³/mol. The Labute approximate surface area is 276 Å². The molecule has 1 saturated heterocycles. The van der Waals surface area contributed by atoms with E-state index in [1.54, 1.807) is 5.32 Å². The van der Waals surface area contributed by atoms with E-state index >= 15 is 4.39 Å². The summed E-state index contributed by atoms with van der Waals surface area (Å²) in [6.45, 7) is 0. The third kappa shape index (κ3) is 5.59.